The highest BCUT2D eigenvalue weighted by atomic mass is 16.5. The van der Waals surface area contributed by atoms with Crippen LogP contribution >= 0.6 is 0 Å². The predicted octanol–water partition coefficient (Wildman–Crippen LogP) is 3.08. The van der Waals surface area contributed by atoms with Gasteiger partial charge >= 0.3 is 5.97 Å². The number of aryl methyl sites for hydroxylation is 1. The van der Waals surface area contributed by atoms with Gasteiger partial charge in [-0.1, -0.05) is 6.92 Å². The van der Waals surface area contributed by atoms with E-state index in [-0.39, 0.29) is 5.97 Å². The fourth-order valence-corrected chi connectivity index (χ4v) is 2.17. The number of rotatable bonds is 7. The second kappa shape index (κ2) is 7.47. The van der Waals surface area contributed by atoms with Crippen molar-refractivity contribution in [3.63, 3.8) is 0 Å². The molecular weight excluding hydrogens is 266 g/mol. The summed E-state index contributed by atoms with van der Waals surface area (Å²) in [5.74, 6) is -0.284. The Morgan fingerprint density at radius 3 is 2.71 bits per heavy atom. The Balaban J connectivity index is 2.16. The van der Waals surface area contributed by atoms with E-state index in [9.17, 15) is 4.79 Å². The van der Waals surface area contributed by atoms with Gasteiger partial charge in [-0.2, -0.15) is 0 Å². The Kier molecular flexibility index (Phi) is 5.37. The number of nitrogens with one attached hydrogen (secondary N) is 1. The van der Waals surface area contributed by atoms with Crippen LogP contribution < -0.4 is 5.32 Å². The van der Waals surface area contributed by atoms with E-state index >= 15 is 0 Å². The molecule has 2 aromatic heterocycles. The lowest BCUT2D eigenvalue weighted by Crippen LogP contribution is -2.14. The first-order valence-electron chi connectivity index (χ1n) is 7.25. The van der Waals surface area contributed by atoms with E-state index in [1.54, 1.807) is 12.4 Å². The maximum atomic E-state index is 12.1. The number of esters is 1. The van der Waals surface area contributed by atoms with Gasteiger partial charge in [0.05, 0.1) is 12.3 Å². The summed E-state index contributed by atoms with van der Waals surface area (Å²) < 4.78 is 7.09. The van der Waals surface area contributed by atoms with E-state index in [2.05, 4.69) is 17.2 Å². The van der Waals surface area contributed by atoms with Crippen molar-refractivity contribution >= 4 is 11.7 Å². The van der Waals surface area contributed by atoms with Crippen molar-refractivity contribution in [3.8, 4) is 0 Å². The van der Waals surface area contributed by atoms with Gasteiger partial charge in [-0.25, -0.2) is 4.79 Å². The molecule has 5 heteroatoms. The third-order valence-electron chi connectivity index (χ3n) is 3.13. The molecule has 0 aliphatic carbocycles. The van der Waals surface area contributed by atoms with E-state index < -0.39 is 0 Å². The van der Waals surface area contributed by atoms with Gasteiger partial charge in [0.1, 0.15) is 0 Å². The Morgan fingerprint density at radius 1 is 1.29 bits per heavy atom. The summed E-state index contributed by atoms with van der Waals surface area (Å²) in [6.07, 6.45) is 6.40. The predicted molar refractivity (Wildman–Crippen MR) is 82.2 cm³/mol. The second-order valence-electron chi connectivity index (χ2n) is 4.70. The third-order valence-corrected chi connectivity index (χ3v) is 3.13. The number of hydrogen-bond donors (Lipinski definition) is 1. The lowest BCUT2D eigenvalue weighted by Gasteiger charge is -2.11. The monoisotopic (exact) mass is 287 g/mol. The lowest BCUT2D eigenvalue weighted by molar-refractivity contribution is 0.0515. The van der Waals surface area contributed by atoms with Gasteiger partial charge in [-0.05, 0) is 37.1 Å². The Morgan fingerprint density at radius 2 is 2.05 bits per heavy atom. The fraction of sp³-hybridized carbons (Fsp3) is 0.375. The fourth-order valence-electron chi connectivity index (χ4n) is 2.17. The van der Waals surface area contributed by atoms with Crippen LogP contribution in [0.5, 0.6) is 0 Å². The SMILES string of the molecule is CCCn1ccc(NCc2ccncc2)c1C(=O)OCC. The molecule has 5 nitrogen and oxygen atoms in total. The van der Waals surface area contributed by atoms with Gasteiger partial charge in [-0.3, -0.25) is 4.98 Å². The molecule has 2 heterocycles. The van der Waals surface area contributed by atoms with Crippen LogP contribution in [0.4, 0.5) is 5.69 Å². The quantitative estimate of drug-likeness (QED) is 0.795. The van der Waals surface area contributed by atoms with Gasteiger partial charge in [0.2, 0.25) is 0 Å². The molecule has 0 unspecified atom stereocenters. The molecule has 2 aromatic rings. The number of anilines is 1. The molecule has 0 aliphatic heterocycles. The summed E-state index contributed by atoms with van der Waals surface area (Å²) in [6, 6.07) is 5.81. The Labute approximate surface area is 125 Å². The average molecular weight is 287 g/mol. The second-order valence-corrected chi connectivity index (χ2v) is 4.70. The minimum atomic E-state index is -0.284. The molecule has 112 valence electrons. The molecule has 21 heavy (non-hydrogen) atoms. The summed E-state index contributed by atoms with van der Waals surface area (Å²) >= 11 is 0. The van der Waals surface area contributed by atoms with Crippen molar-refractivity contribution in [3.05, 3.63) is 48.0 Å². The van der Waals surface area contributed by atoms with Crippen LogP contribution in [0.25, 0.3) is 0 Å². The van der Waals surface area contributed by atoms with Gasteiger partial charge in [0, 0.05) is 31.7 Å². The summed E-state index contributed by atoms with van der Waals surface area (Å²) in [5, 5.41) is 3.30. The Bertz CT molecular complexity index is 578. The van der Waals surface area contributed by atoms with E-state index in [1.807, 2.05) is 35.9 Å². The molecule has 0 bridgehead atoms. The number of nitrogens with zero attached hydrogens (tertiary/aromatic N) is 2. The molecule has 0 atom stereocenters. The summed E-state index contributed by atoms with van der Waals surface area (Å²) in [4.78, 5) is 16.1. The van der Waals surface area contributed by atoms with Gasteiger partial charge < -0.3 is 14.6 Å². The van der Waals surface area contributed by atoms with E-state index in [4.69, 9.17) is 4.74 Å². The number of carbonyl (C=O) groups is 1. The van der Waals surface area contributed by atoms with Gasteiger partial charge in [-0.15, -0.1) is 0 Å². The highest BCUT2D eigenvalue weighted by Crippen LogP contribution is 2.20. The van der Waals surface area contributed by atoms with E-state index in [0.29, 0.717) is 18.8 Å². The molecule has 0 saturated carbocycles. The third kappa shape index (κ3) is 3.84. The largest absolute Gasteiger partial charge is 0.461 e. The number of aromatic nitrogens is 2. The van der Waals surface area contributed by atoms with Crippen LogP contribution in [0.1, 0.15) is 36.3 Å². The zero-order chi connectivity index (χ0) is 15.1. The Hall–Kier alpha value is -2.30. The highest BCUT2D eigenvalue weighted by Gasteiger charge is 2.17. The molecule has 0 aromatic carbocycles. The zero-order valence-electron chi connectivity index (χ0n) is 12.5. The van der Waals surface area contributed by atoms with Crippen molar-refractivity contribution in [1.29, 1.82) is 0 Å². The molecule has 0 amide bonds. The van der Waals surface area contributed by atoms with Crippen LogP contribution in [0.15, 0.2) is 36.8 Å². The van der Waals surface area contributed by atoms with Crippen LogP contribution in [0.2, 0.25) is 0 Å². The minimum Gasteiger partial charge on any atom is -0.461 e. The standard InChI is InChI=1S/C16H21N3O2/c1-3-10-19-11-7-14(15(19)16(20)21-4-2)18-12-13-5-8-17-9-6-13/h5-9,11,18H,3-4,10,12H2,1-2H3. The van der Waals surface area contributed by atoms with Crippen LogP contribution in [-0.2, 0) is 17.8 Å². The maximum absolute atomic E-state index is 12.1. The lowest BCUT2D eigenvalue weighted by atomic mass is 10.2. The number of carbonyl (C=O) groups excluding carboxylic acids is 1. The van der Waals surface area contributed by atoms with Crippen molar-refractivity contribution in [1.82, 2.24) is 9.55 Å². The first-order valence-corrected chi connectivity index (χ1v) is 7.25. The summed E-state index contributed by atoms with van der Waals surface area (Å²) in [7, 11) is 0. The number of ether oxygens (including phenoxy) is 1. The summed E-state index contributed by atoms with van der Waals surface area (Å²) in [6.45, 7) is 5.71. The molecule has 2 rings (SSSR count). The molecular formula is C16H21N3O2. The van der Waals surface area contributed by atoms with Crippen LogP contribution in [-0.4, -0.2) is 22.1 Å². The minimum absolute atomic E-state index is 0.284. The van der Waals surface area contributed by atoms with Crippen LogP contribution in [0.3, 0.4) is 0 Å². The van der Waals surface area contributed by atoms with E-state index in [1.165, 1.54) is 0 Å². The van der Waals surface area contributed by atoms with Gasteiger partial charge in [0.25, 0.3) is 0 Å². The topological polar surface area (TPSA) is 56.2 Å². The zero-order valence-corrected chi connectivity index (χ0v) is 12.5. The molecule has 0 saturated heterocycles. The molecule has 0 fully saturated rings. The average Bonchev–Trinajstić information content (AvgIpc) is 2.90. The maximum Gasteiger partial charge on any atom is 0.357 e. The first-order chi connectivity index (χ1) is 10.3. The van der Waals surface area contributed by atoms with Crippen molar-refractivity contribution in [2.24, 2.45) is 0 Å². The first kappa shape index (κ1) is 15.1. The van der Waals surface area contributed by atoms with Crippen LogP contribution in [0, 0.1) is 0 Å². The van der Waals surface area contributed by atoms with E-state index in [0.717, 1.165) is 24.2 Å². The van der Waals surface area contributed by atoms with Crippen molar-refractivity contribution < 1.29 is 9.53 Å². The smallest absolute Gasteiger partial charge is 0.357 e. The summed E-state index contributed by atoms with van der Waals surface area (Å²) in [5.41, 5.74) is 2.51. The van der Waals surface area contributed by atoms with Gasteiger partial charge in [0.15, 0.2) is 5.69 Å². The molecule has 1 N–H and O–H groups in total. The normalized spacial score (nSPS) is 10.4. The highest BCUT2D eigenvalue weighted by molar-refractivity contribution is 5.94. The molecule has 0 radical (unpaired) electrons. The number of pyridine rings is 1. The molecule has 0 aliphatic rings. The number of hydrogen-bond acceptors (Lipinski definition) is 4. The van der Waals surface area contributed by atoms with Crippen molar-refractivity contribution in [2.75, 3.05) is 11.9 Å². The molecule has 0 spiro atoms. The van der Waals surface area contributed by atoms with Crippen molar-refractivity contribution in [2.45, 2.75) is 33.4 Å².